The van der Waals surface area contributed by atoms with Gasteiger partial charge in [0.15, 0.2) is 28.8 Å². The molecule has 2 N–H and O–H groups in total. The number of ether oxygens (including phenoxy) is 2. The lowest BCUT2D eigenvalue weighted by Crippen LogP contribution is -2.51. The molecule has 0 amide bonds. The molecule has 8 heteroatoms. The monoisotopic (exact) mass is 568 g/mol. The highest BCUT2D eigenvalue weighted by atomic mass is 16.5. The molecule has 1 aromatic carbocycles. The Labute approximate surface area is 244 Å². The summed E-state index contributed by atoms with van der Waals surface area (Å²) >= 11 is 0. The number of fused-ring (bicyclic) bond motifs is 1. The molecule has 2 aliphatic heterocycles. The van der Waals surface area contributed by atoms with E-state index in [1.54, 1.807) is 33.8 Å². The van der Waals surface area contributed by atoms with Crippen LogP contribution in [0.1, 0.15) is 96.5 Å². The molecular weight excluding hydrogens is 520 g/mol. The summed E-state index contributed by atoms with van der Waals surface area (Å²) in [5.74, 6) is -0.335. The summed E-state index contributed by atoms with van der Waals surface area (Å²) < 4.78 is 12.5. The fraction of sp³-hybridized carbons (Fsp3) is 0.667. The molecule has 1 atom stereocenters. The average molecular weight is 569 g/mol. The average Bonchev–Trinajstić information content (AvgIpc) is 2.90. The number of phenolic OH excluding ortho intramolecular Hbond substituents is 1. The Kier molecular flexibility index (Phi) is 9.05. The number of phenols is 1. The topological polar surface area (TPSA) is 105 Å². The lowest BCUT2D eigenvalue weighted by atomic mass is 9.60. The molecule has 8 nitrogen and oxygen atoms in total. The zero-order valence-corrected chi connectivity index (χ0v) is 26.1. The molecule has 4 rings (SSSR count). The van der Waals surface area contributed by atoms with Crippen molar-refractivity contribution >= 4 is 17.3 Å². The standard InChI is InChI=1S/C33H48N2O6/c1-19(2)16-21-22-18-23(24(36)17-20(3)4)27(40-15-9-12-35-13-10-34-11-14-35)26(37)28(22)41-30-25(21)29(38)32(5,6)31(39)33(30,7)8/h18-21,34,37H,9-17H2,1-8H3. The van der Waals surface area contributed by atoms with E-state index in [1.165, 1.54) is 0 Å². The Balaban J connectivity index is 1.79. The number of aromatic hydroxyl groups is 1. The van der Waals surface area contributed by atoms with E-state index < -0.39 is 16.7 Å². The largest absolute Gasteiger partial charge is 0.502 e. The highest BCUT2D eigenvalue weighted by Crippen LogP contribution is 2.57. The number of carbonyl (C=O) groups is 3. The van der Waals surface area contributed by atoms with Crippen molar-refractivity contribution in [3.63, 3.8) is 0 Å². The molecule has 1 aromatic rings. The van der Waals surface area contributed by atoms with Gasteiger partial charge in [-0.25, -0.2) is 0 Å². The van der Waals surface area contributed by atoms with E-state index in [0.29, 0.717) is 41.9 Å². The van der Waals surface area contributed by atoms with Crippen molar-refractivity contribution in [1.82, 2.24) is 10.2 Å². The summed E-state index contributed by atoms with van der Waals surface area (Å²) in [6, 6.07) is 1.77. The van der Waals surface area contributed by atoms with E-state index in [9.17, 15) is 19.5 Å². The maximum atomic E-state index is 13.9. The van der Waals surface area contributed by atoms with Crippen LogP contribution in [0.5, 0.6) is 17.2 Å². The van der Waals surface area contributed by atoms with Gasteiger partial charge in [0, 0.05) is 56.2 Å². The maximum absolute atomic E-state index is 13.9. The van der Waals surface area contributed by atoms with Crippen LogP contribution in [0.25, 0.3) is 0 Å². The first-order valence-electron chi connectivity index (χ1n) is 15.2. The third kappa shape index (κ3) is 5.96. The van der Waals surface area contributed by atoms with Crippen LogP contribution in [-0.2, 0) is 9.59 Å². The molecule has 1 aliphatic carbocycles. The van der Waals surface area contributed by atoms with E-state index in [4.69, 9.17) is 9.47 Å². The SMILES string of the molecule is CC(C)CC(=O)c1cc2c(c(O)c1OCCCN1CCNCC1)OC1=C(C(=O)C(C)(C)C(=O)C1(C)C)C2CC(C)C. The van der Waals surface area contributed by atoms with Crippen LogP contribution in [0.3, 0.4) is 0 Å². The van der Waals surface area contributed by atoms with Crippen molar-refractivity contribution in [2.75, 3.05) is 39.3 Å². The molecule has 1 fully saturated rings. The van der Waals surface area contributed by atoms with Gasteiger partial charge in [-0.2, -0.15) is 0 Å². The normalized spacial score (nSPS) is 22.0. The summed E-state index contributed by atoms with van der Waals surface area (Å²) in [7, 11) is 0. The van der Waals surface area contributed by atoms with Crippen LogP contribution in [0.4, 0.5) is 0 Å². The number of hydrogen-bond acceptors (Lipinski definition) is 8. The maximum Gasteiger partial charge on any atom is 0.202 e. The van der Waals surface area contributed by atoms with Crippen LogP contribution in [-0.4, -0.2) is 66.7 Å². The highest BCUT2D eigenvalue weighted by molar-refractivity contribution is 6.20. The first-order chi connectivity index (χ1) is 19.2. The van der Waals surface area contributed by atoms with Gasteiger partial charge in [-0.3, -0.25) is 14.4 Å². The fourth-order valence-corrected chi connectivity index (χ4v) is 6.49. The number of Topliss-reactive ketones (excluding diaryl/α,β-unsaturated/α-hetero) is 3. The van der Waals surface area contributed by atoms with E-state index in [1.807, 2.05) is 13.8 Å². The predicted molar refractivity (Wildman–Crippen MR) is 159 cm³/mol. The quantitative estimate of drug-likeness (QED) is 0.223. The van der Waals surface area contributed by atoms with Crippen molar-refractivity contribution in [1.29, 1.82) is 0 Å². The van der Waals surface area contributed by atoms with Gasteiger partial charge in [0.2, 0.25) is 5.75 Å². The molecule has 2 heterocycles. The zero-order chi connectivity index (χ0) is 30.3. The Morgan fingerprint density at radius 3 is 2.37 bits per heavy atom. The van der Waals surface area contributed by atoms with Crippen molar-refractivity contribution in [2.24, 2.45) is 22.7 Å². The predicted octanol–water partition coefficient (Wildman–Crippen LogP) is 5.28. The number of carbonyl (C=O) groups excluding carboxylic acids is 3. The van der Waals surface area contributed by atoms with Gasteiger partial charge in [0.25, 0.3) is 0 Å². The summed E-state index contributed by atoms with van der Waals surface area (Å²) in [5.41, 5.74) is -0.875. The van der Waals surface area contributed by atoms with E-state index in [2.05, 4.69) is 24.1 Å². The first kappa shape index (κ1) is 31.2. The smallest absolute Gasteiger partial charge is 0.202 e. The lowest BCUT2D eigenvalue weighted by Gasteiger charge is -2.45. The summed E-state index contributed by atoms with van der Waals surface area (Å²) in [6.07, 6.45) is 1.64. The Morgan fingerprint density at radius 1 is 1.10 bits per heavy atom. The molecule has 0 radical (unpaired) electrons. The number of allylic oxidation sites excluding steroid dienone is 2. The van der Waals surface area contributed by atoms with Crippen LogP contribution in [0.2, 0.25) is 0 Å². The van der Waals surface area contributed by atoms with Crippen molar-refractivity contribution in [2.45, 2.75) is 80.6 Å². The molecule has 41 heavy (non-hydrogen) atoms. The second-order valence-electron chi connectivity index (χ2n) is 13.8. The van der Waals surface area contributed by atoms with Crippen molar-refractivity contribution in [3.8, 4) is 17.2 Å². The molecule has 226 valence electrons. The third-order valence-electron chi connectivity index (χ3n) is 8.60. The summed E-state index contributed by atoms with van der Waals surface area (Å²) in [4.78, 5) is 43.3. The molecule has 0 spiro atoms. The zero-order valence-electron chi connectivity index (χ0n) is 26.1. The number of benzene rings is 1. The Bertz CT molecular complexity index is 1240. The van der Waals surface area contributed by atoms with Gasteiger partial charge in [-0.15, -0.1) is 0 Å². The summed E-state index contributed by atoms with van der Waals surface area (Å²) in [5, 5.41) is 15.0. The highest BCUT2D eigenvalue weighted by Gasteiger charge is 2.57. The van der Waals surface area contributed by atoms with Crippen molar-refractivity contribution < 1.29 is 29.0 Å². The van der Waals surface area contributed by atoms with E-state index >= 15 is 0 Å². The first-order valence-corrected chi connectivity index (χ1v) is 15.2. The number of nitrogens with zero attached hydrogens (tertiary/aromatic N) is 1. The van der Waals surface area contributed by atoms with Crippen LogP contribution in [0.15, 0.2) is 17.4 Å². The van der Waals surface area contributed by atoms with E-state index in [-0.39, 0.29) is 46.4 Å². The van der Waals surface area contributed by atoms with Gasteiger partial charge < -0.3 is 24.8 Å². The van der Waals surface area contributed by atoms with Crippen LogP contribution in [0, 0.1) is 22.7 Å². The third-order valence-corrected chi connectivity index (χ3v) is 8.60. The molecule has 1 saturated heterocycles. The van der Waals surface area contributed by atoms with Crippen molar-refractivity contribution in [3.05, 3.63) is 28.5 Å². The molecular formula is C33H48N2O6. The second kappa shape index (κ2) is 11.9. The minimum Gasteiger partial charge on any atom is -0.502 e. The Morgan fingerprint density at radius 2 is 1.76 bits per heavy atom. The molecule has 0 bridgehead atoms. The van der Waals surface area contributed by atoms with Gasteiger partial charge in [0.05, 0.1) is 23.0 Å². The molecule has 1 unspecified atom stereocenters. The van der Waals surface area contributed by atoms with Gasteiger partial charge in [-0.05, 0) is 58.4 Å². The van der Waals surface area contributed by atoms with Crippen LogP contribution < -0.4 is 14.8 Å². The van der Waals surface area contributed by atoms with Gasteiger partial charge in [0.1, 0.15) is 5.76 Å². The fourth-order valence-electron chi connectivity index (χ4n) is 6.49. The Hall–Kier alpha value is -2.71. The van der Waals surface area contributed by atoms with E-state index in [0.717, 1.165) is 39.1 Å². The minimum absolute atomic E-state index is 0.116. The molecule has 0 saturated carbocycles. The molecule has 3 aliphatic rings. The number of ketones is 3. The van der Waals surface area contributed by atoms with Gasteiger partial charge >= 0.3 is 0 Å². The second-order valence-corrected chi connectivity index (χ2v) is 13.8. The van der Waals surface area contributed by atoms with Gasteiger partial charge in [-0.1, -0.05) is 27.7 Å². The number of hydrogen-bond donors (Lipinski definition) is 2. The number of nitrogens with one attached hydrogen (secondary N) is 1. The summed E-state index contributed by atoms with van der Waals surface area (Å²) in [6.45, 7) is 20.1. The number of piperazine rings is 1. The van der Waals surface area contributed by atoms with Crippen LogP contribution >= 0.6 is 0 Å². The minimum atomic E-state index is -1.20. The lowest BCUT2D eigenvalue weighted by molar-refractivity contribution is -0.144. The molecule has 0 aromatic heterocycles. The number of rotatable bonds is 10.